The Balaban J connectivity index is 1.96. The predicted octanol–water partition coefficient (Wildman–Crippen LogP) is 4.02. The van der Waals surface area contributed by atoms with E-state index < -0.39 is 5.79 Å². The highest BCUT2D eigenvalue weighted by molar-refractivity contribution is 9.10. The summed E-state index contributed by atoms with van der Waals surface area (Å²) in [6.45, 7) is 5.15. The first-order valence-corrected chi connectivity index (χ1v) is 7.78. The van der Waals surface area contributed by atoms with Gasteiger partial charge in [-0.3, -0.25) is 4.79 Å². The number of hydrogen-bond acceptors (Lipinski definition) is 3. The van der Waals surface area contributed by atoms with Crippen molar-refractivity contribution in [2.45, 2.75) is 19.6 Å². The van der Waals surface area contributed by atoms with Gasteiger partial charge in [0.25, 0.3) is 5.79 Å². The summed E-state index contributed by atoms with van der Waals surface area (Å²) in [5.41, 5.74) is 1.44. The van der Waals surface area contributed by atoms with Crippen LogP contribution in [0.3, 0.4) is 0 Å². The van der Waals surface area contributed by atoms with E-state index in [0.29, 0.717) is 18.8 Å². The highest BCUT2D eigenvalue weighted by Crippen LogP contribution is 2.48. The zero-order chi connectivity index (χ0) is 14.8. The molecule has 2 aromatic carbocycles. The molecule has 3 nitrogen and oxygen atoms in total. The third-order valence-electron chi connectivity index (χ3n) is 4.22. The van der Waals surface area contributed by atoms with Crippen LogP contribution < -0.4 is 0 Å². The van der Waals surface area contributed by atoms with Gasteiger partial charge in [-0.1, -0.05) is 48.0 Å². The van der Waals surface area contributed by atoms with Gasteiger partial charge in [0, 0.05) is 26.4 Å². The van der Waals surface area contributed by atoms with E-state index in [1.807, 2.05) is 30.3 Å². The van der Waals surface area contributed by atoms with Crippen molar-refractivity contribution in [3.05, 3.63) is 45.9 Å². The van der Waals surface area contributed by atoms with Crippen LogP contribution in [0.25, 0.3) is 10.8 Å². The quantitative estimate of drug-likeness (QED) is 0.722. The molecule has 0 saturated carbocycles. The van der Waals surface area contributed by atoms with Crippen molar-refractivity contribution in [2.75, 3.05) is 13.2 Å². The van der Waals surface area contributed by atoms with Gasteiger partial charge in [0.2, 0.25) is 5.78 Å². The second kappa shape index (κ2) is 4.15. The molecule has 0 amide bonds. The third-order valence-corrected chi connectivity index (χ3v) is 4.91. The molecule has 108 valence electrons. The molecule has 0 bridgehead atoms. The number of rotatable bonds is 0. The molecule has 1 saturated heterocycles. The molecule has 1 heterocycles. The van der Waals surface area contributed by atoms with Crippen LogP contribution in [-0.2, 0) is 15.3 Å². The van der Waals surface area contributed by atoms with Gasteiger partial charge in [0.15, 0.2) is 0 Å². The van der Waals surface area contributed by atoms with E-state index in [2.05, 4.69) is 29.8 Å². The number of fused-ring (bicyclic) bond motifs is 1. The van der Waals surface area contributed by atoms with Gasteiger partial charge in [-0.2, -0.15) is 0 Å². The van der Waals surface area contributed by atoms with Crippen molar-refractivity contribution < 1.29 is 14.3 Å². The van der Waals surface area contributed by atoms with Crippen LogP contribution in [-0.4, -0.2) is 19.0 Å². The SMILES string of the molecule is CC1(C)COC2(OC1)C(=O)c1ccc(Br)c3cccc2c13. The summed E-state index contributed by atoms with van der Waals surface area (Å²) in [5, 5.41) is 1.96. The molecule has 2 aliphatic rings. The van der Waals surface area contributed by atoms with E-state index in [-0.39, 0.29) is 11.2 Å². The lowest BCUT2D eigenvalue weighted by atomic mass is 9.93. The first kappa shape index (κ1) is 13.4. The number of ether oxygens (including phenoxy) is 2. The number of hydrogen-bond donors (Lipinski definition) is 0. The fourth-order valence-corrected chi connectivity index (χ4v) is 3.56. The summed E-state index contributed by atoms with van der Waals surface area (Å²) in [6, 6.07) is 9.64. The van der Waals surface area contributed by atoms with E-state index in [0.717, 1.165) is 20.8 Å². The third kappa shape index (κ3) is 1.70. The molecule has 0 unspecified atom stereocenters. The molecule has 1 fully saturated rings. The highest BCUT2D eigenvalue weighted by Gasteiger charge is 2.53. The van der Waals surface area contributed by atoms with Crippen LogP contribution in [0.15, 0.2) is 34.8 Å². The van der Waals surface area contributed by atoms with Crippen LogP contribution in [0.1, 0.15) is 29.8 Å². The topological polar surface area (TPSA) is 35.5 Å². The Morgan fingerprint density at radius 1 is 1.10 bits per heavy atom. The maximum Gasteiger partial charge on any atom is 0.261 e. The Kier molecular flexibility index (Phi) is 2.66. The number of carbonyl (C=O) groups excluding carboxylic acids is 1. The zero-order valence-electron chi connectivity index (χ0n) is 11.9. The molecule has 1 aliphatic heterocycles. The Labute approximate surface area is 131 Å². The Hall–Kier alpha value is -1.23. The van der Waals surface area contributed by atoms with Gasteiger partial charge in [-0.25, -0.2) is 0 Å². The van der Waals surface area contributed by atoms with Crippen LogP contribution >= 0.6 is 15.9 Å². The number of Topliss-reactive ketones (excluding diaryl/α,β-unsaturated/α-hetero) is 1. The number of halogens is 1. The van der Waals surface area contributed by atoms with Gasteiger partial charge in [0.1, 0.15) is 0 Å². The van der Waals surface area contributed by atoms with E-state index >= 15 is 0 Å². The monoisotopic (exact) mass is 346 g/mol. The smallest absolute Gasteiger partial charge is 0.261 e. The van der Waals surface area contributed by atoms with Crippen molar-refractivity contribution >= 4 is 32.5 Å². The zero-order valence-corrected chi connectivity index (χ0v) is 13.5. The van der Waals surface area contributed by atoms with Crippen molar-refractivity contribution in [3.63, 3.8) is 0 Å². The summed E-state index contributed by atoms with van der Waals surface area (Å²) in [5.74, 6) is -1.34. The molecule has 21 heavy (non-hydrogen) atoms. The number of carbonyl (C=O) groups is 1. The maximum atomic E-state index is 12.9. The lowest BCUT2D eigenvalue weighted by Crippen LogP contribution is -2.48. The van der Waals surface area contributed by atoms with Gasteiger partial charge in [-0.15, -0.1) is 0 Å². The maximum absolute atomic E-state index is 12.9. The Bertz CT molecular complexity index is 769. The van der Waals surface area contributed by atoms with Crippen molar-refractivity contribution in [3.8, 4) is 0 Å². The second-order valence-corrected chi connectivity index (χ2v) is 7.36. The predicted molar refractivity (Wildman–Crippen MR) is 83.3 cm³/mol. The minimum atomic E-state index is -1.25. The lowest BCUT2D eigenvalue weighted by Gasteiger charge is -2.40. The van der Waals surface area contributed by atoms with Crippen molar-refractivity contribution in [1.82, 2.24) is 0 Å². The molecular weight excluding hydrogens is 332 g/mol. The molecule has 0 radical (unpaired) electrons. The van der Waals surface area contributed by atoms with E-state index in [4.69, 9.17) is 9.47 Å². The van der Waals surface area contributed by atoms with E-state index in [9.17, 15) is 4.79 Å². The number of ketones is 1. The van der Waals surface area contributed by atoms with Gasteiger partial charge in [-0.05, 0) is 17.5 Å². The summed E-state index contributed by atoms with van der Waals surface area (Å²) in [4.78, 5) is 12.9. The molecule has 0 atom stereocenters. The van der Waals surface area contributed by atoms with Crippen molar-refractivity contribution in [1.29, 1.82) is 0 Å². The summed E-state index contributed by atoms with van der Waals surface area (Å²) < 4.78 is 12.9. The van der Waals surface area contributed by atoms with Crippen LogP contribution in [0.4, 0.5) is 0 Å². The molecule has 4 rings (SSSR count). The van der Waals surface area contributed by atoms with Crippen LogP contribution in [0.5, 0.6) is 0 Å². The minimum absolute atomic E-state index is 0.0746. The van der Waals surface area contributed by atoms with Crippen LogP contribution in [0, 0.1) is 5.41 Å². The summed E-state index contributed by atoms with van der Waals surface area (Å²) >= 11 is 3.55. The standard InChI is InChI=1S/C17H15BrO3/c1-16(2)8-20-17(21-9-16)12-5-3-4-10-13(18)7-6-11(14(10)12)15(17)19/h3-7H,8-9H2,1-2H3. The van der Waals surface area contributed by atoms with E-state index in [1.54, 1.807) is 0 Å². The van der Waals surface area contributed by atoms with Crippen LogP contribution in [0.2, 0.25) is 0 Å². The van der Waals surface area contributed by atoms with Gasteiger partial charge < -0.3 is 9.47 Å². The summed E-state index contributed by atoms with van der Waals surface area (Å²) in [7, 11) is 0. The van der Waals surface area contributed by atoms with Crippen molar-refractivity contribution in [2.24, 2.45) is 5.41 Å². The fraction of sp³-hybridized carbons (Fsp3) is 0.353. The molecule has 0 aromatic heterocycles. The minimum Gasteiger partial charge on any atom is -0.339 e. The molecular formula is C17H15BrO3. The normalized spacial score (nSPS) is 22.1. The van der Waals surface area contributed by atoms with E-state index in [1.165, 1.54) is 0 Å². The lowest BCUT2D eigenvalue weighted by molar-refractivity contribution is -0.273. The first-order chi connectivity index (χ1) is 9.95. The fourth-order valence-electron chi connectivity index (χ4n) is 3.10. The Morgan fingerprint density at radius 3 is 2.52 bits per heavy atom. The largest absolute Gasteiger partial charge is 0.339 e. The molecule has 2 aromatic rings. The summed E-state index contributed by atoms with van der Waals surface area (Å²) in [6.07, 6.45) is 0. The molecule has 1 spiro atoms. The average Bonchev–Trinajstić information content (AvgIpc) is 2.70. The molecule has 0 N–H and O–H groups in total. The second-order valence-electron chi connectivity index (χ2n) is 6.51. The molecule has 1 aliphatic carbocycles. The molecule has 4 heteroatoms. The Morgan fingerprint density at radius 2 is 1.81 bits per heavy atom. The van der Waals surface area contributed by atoms with Gasteiger partial charge in [0.05, 0.1) is 13.2 Å². The number of benzene rings is 2. The average molecular weight is 347 g/mol. The van der Waals surface area contributed by atoms with Gasteiger partial charge >= 0.3 is 0 Å². The highest BCUT2D eigenvalue weighted by atomic mass is 79.9. The first-order valence-electron chi connectivity index (χ1n) is 6.99.